The first-order valence-corrected chi connectivity index (χ1v) is 7.07. The number of aryl methyl sites for hydroxylation is 2. The van der Waals surface area contributed by atoms with Gasteiger partial charge < -0.3 is 5.32 Å². The fourth-order valence-corrected chi connectivity index (χ4v) is 2.70. The van der Waals surface area contributed by atoms with Crippen LogP contribution in [0.15, 0.2) is 36.4 Å². The van der Waals surface area contributed by atoms with Crippen molar-refractivity contribution < 1.29 is 4.39 Å². The van der Waals surface area contributed by atoms with Gasteiger partial charge in [-0.05, 0) is 62.2 Å². The van der Waals surface area contributed by atoms with E-state index in [1.54, 1.807) is 6.07 Å². The van der Waals surface area contributed by atoms with Crippen LogP contribution < -0.4 is 5.32 Å². The molecule has 106 valence electrons. The minimum atomic E-state index is -0.250. The third-order valence-electron chi connectivity index (χ3n) is 3.58. The summed E-state index contributed by atoms with van der Waals surface area (Å²) in [6.45, 7) is 4.18. The van der Waals surface area contributed by atoms with Gasteiger partial charge in [-0.3, -0.25) is 0 Å². The Balaban J connectivity index is 2.31. The smallest absolute Gasteiger partial charge is 0.123 e. The summed E-state index contributed by atoms with van der Waals surface area (Å²) in [7, 11) is 1.91. The minimum absolute atomic E-state index is 0.120. The van der Waals surface area contributed by atoms with E-state index in [0.717, 1.165) is 5.56 Å². The predicted molar refractivity (Wildman–Crippen MR) is 82.8 cm³/mol. The monoisotopic (exact) mass is 291 g/mol. The van der Waals surface area contributed by atoms with Gasteiger partial charge in [-0.1, -0.05) is 35.4 Å². The molecule has 0 saturated heterocycles. The molecule has 0 saturated carbocycles. The van der Waals surface area contributed by atoms with Gasteiger partial charge in [0.05, 0.1) is 0 Å². The quantitative estimate of drug-likeness (QED) is 0.868. The van der Waals surface area contributed by atoms with Crippen LogP contribution in [0.1, 0.15) is 28.3 Å². The Kier molecular flexibility index (Phi) is 4.79. The average molecular weight is 292 g/mol. The van der Waals surface area contributed by atoms with E-state index in [0.29, 0.717) is 11.4 Å². The molecule has 0 amide bonds. The zero-order chi connectivity index (χ0) is 14.7. The molecule has 0 aliphatic carbocycles. The fraction of sp³-hybridized carbons (Fsp3) is 0.294. The second kappa shape index (κ2) is 6.38. The Morgan fingerprint density at radius 3 is 2.55 bits per heavy atom. The molecule has 0 aliphatic heterocycles. The summed E-state index contributed by atoms with van der Waals surface area (Å²) in [5.74, 6) is -0.250. The van der Waals surface area contributed by atoms with Gasteiger partial charge in [-0.2, -0.15) is 0 Å². The molecule has 0 bridgehead atoms. The molecular weight excluding hydrogens is 273 g/mol. The lowest BCUT2D eigenvalue weighted by Crippen LogP contribution is -2.20. The Morgan fingerprint density at radius 1 is 1.15 bits per heavy atom. The van der Waals surface area contributed by atoms with Crippen LogP contribution in [0.3, 0.4) is 0 Å². The van der Waals surface area contributed by atoms with Crippen molar-refractivity contribution in [1.29, 1.82) is 0 Å². The first kappa shape index (κ1) is 15.0. The molecule has 0 aromatic heterocycles. The number of halogens is 2. The molecule has 1 nitrogen and oxygen atoms in total. The zero-order valence-corrected chi connectivity index (χ0v) is 12.8. The van der Waals surface area contributed by atoms with Gasteiger partial charge in [0.25, 0.3) is 0 Å². The van der Waals surface area contributed by atoms with E-state index in [4.69, 9.17) is 11.6 Å². The molecule has 2 aromatic carbocycles. The number of hydrogen-bond donors (Lipinski definition) is 1. The Hall–Kier alpha value is -1.38. The van der Waals surface area contributed by atoms with Crippen molar-refractivity contribution in [3.8, 4) is 0 Å². The van der Waals surface area contributed by atoms with Crippen LogP contribution in [0.4, 0.5) is 4.39 Å². The van der Waals surface area contributed by atoms with Crippen molar-refractivity contribution in [3.05, 3.63) is 69.5 Å². The molecule has 2 aromatic rings. The first-order chi connectivity index (χ1) is 9.51. The van der Waals surface area contributed by atoms with Crippen molar-refractivity contribution in [2.75, 3.05) is 7.05 Å². The van der Waals surface area contributed by atoms with E-state index in [9.17, 15) is 4.39 Å². The van der Waals surface area contributed by atoms with E-state index in [-0.39, 0.29) is 11.9 Å². The summed E-state index contributed by atoms with van der Waals surface area (Å²) < 4.78 is 13.4. The number of nitrogens with one attached hydrogen (secondary N) is 1. The maximum atomic E-state index is 13.4. The van der Waals surface area contributed by atoms with Crippen LogP contribution in [0, 0.1) is 19.7 Å². The standard InChI is InChI=1S/C17H19ClFN/c1-11-4-6-15(12(2)8-11)17(20-3)10-13-9-14(19)5-7-16(13)18/h4-9,17,20H,10H2,1-3H3. The highest BCUT2D eigenvalue weighted by Crippen LogP contribution is 2.26. The molecule has 1 N–H and O–H groups in total. The van der Waals surface area contributed by atoms with Crippen LogP contribution in [-0.4, -0.2) is 7.05 Å². The highest BCUT2D eigenvalue weighted by atomic mass is 35.5. The molecule has 1 atom stereocenters. The van der Waals surface area contributed by atoms with Gasteiger partial charge in [-0.15, -0.1) is 0 Å². The van der Waals surface area contributed by atoms with Gasteiger partial charge in [0.2, 0.25) is 0 Å². The predicted octanol–water partition coefficient (Wildman–Crippen LogP) is 4.60. The van der Waals surface area contributed by atoms with Crippen molar-refractivity contribution in [2.45, 2.75) is 26.3 Å². The zero-order valence-electron chi connectivity index (χ0n) is 12.0. The van der Waals surface area contributed by atoms with Crippen LogP contribution in [0.5, 0.6) is 0 Å². The fourth-order valence-electron chi connectivity index (χ4n) is 2.50. The summed E-state index contributed by atoms with van der Waals surface area (Å²) in [6.07, 6.45) is 0.664. The van der Waals surface area contributed by atoms with Crippen LogP contribution in [-0.2, 0) is 6.42 Å². The SMILES string of the molecule is CNC(Cc1cc(F)ccc1Cl)c1ccc(C)cc1C. The van der Waals surface area contributed by atoms with Gasteiger partial charge in [-0.25, -0.2) is 4.39 Å². The van der Waals surface area contributed by atoms with E-state index >= 15 is 0 Å². The number of benzene rings is 2. The maximum Gasteiger partial charge on any atom is 0.123 e. The van der Waals surface area contributed by atoms with Crippen LogP contribution in [0.25, 0.3) is 0 Å². The normalized spacial score (nSPS) is 12.4. The summed E-state index contributed by atoms with van der Waals surface area (Å²) >= 11 is 6.16. The minimum Gasteiger partial charge on any atom is -0.313 e. The first-order valence-electron chi connectivity index (χ1n) is 6.69. The molecular formula is C17H19ClFN. The van der Waals surface area contributed by atoms with Crippen molar-refractivity contribution in [3.63, 3.8) is 0 Å². The topological polar surface area (TPSA) is 12.0 Å². The molecule has 0 spiro atoms. The van der Waals surface area contributed by atoms with Crippen molar-refractivity contribution >= 4 is 11.6 Å². The molecule has 1 unspecified atom stereocenters. The second-order valence-corrected chi connectivity index (χ2v) is 5.55. The molecule has 0 fully saturated rings. The molecule has 2 rings (SSSR count). The highest BCUT2D eigenvalue weighted by Gasteiger charge is 2.14. The second-order valence-electron chi connectivity index (χ2n) is 5.14. The molecule has 0 heterocycles. The Morgan fingerprint density at radius 2 is 1.90 bits per heavy atom. The van der Waals surface area contributed by atoms with Crippen molar-refractivity contribution in [1.82, 2.24) is 5.32 Å². The summed E-state index contributed by atoms with van der Waals surface area (Å²) in [5.41, 5.74) is 4.52. The number of hydrogen-bond acceptors (Lipinski definition) is 1. The molecule has 3 heteroatoms. The molecule has 0 aliphatic rings. The molecule has 20 heavy (non-hydrogen) atoms. The van der Waals surface area contributed by atoms with Gasteiger partial charge in [0.1, 0.15) is 5.82 Å². The lowest BCUT2D eigenvalue weighted by atomic mass is 9.94. The van der Waals surface area contributed by atoms with E-state index in [2.05, 4.69) is 37.4 Å². The van der Waals surface area contributed by atoms with Gasteiger partial charge in [0, 0.05) is 11.1 Å². The lowest BCUT2D eigenvalue weighted by Gasteiger charge is -2.20. The van der Waals surface area contributed by atoms with E-state index in [1.165, 1.54) is 28.8 Å². The maximum absolute atomic E-state index is 13.4. The van der Waals surface area contributed by atoms with Crippen LogP contribution >= 0.6 is 11.6 Å². The largest absolute Gasteiger partial charge is 0.313 e. The van der Waals surface area contributed by atoms with E-state index in [1.807, 2.05) is 7.05 Å². The van der Waals surface area contributed by atoms with Gasteiger partial charge in [0.15, 0.2) is 0 Å². The molecule has 0 radical (unpaired) electrons. The van der Waals surface area contributed by atoms with Crippen LogP contribution in [0.2, 0.25) is 5.02 Å². The Labute approximate surface area is 124 Å². The Bertz CT molecular complexity index is 610. The van der Waals surface area contributed by atoms with Gasteiger partial charge >= 0.3 is 0 Å². The van der Waals surface area contributed by atoms with E-state index < -0.39 is 0 Å². The summed E-state index contributed by atoms with van der Waals surface area (Å²) in [4.78, 5) is 0. The lowest BCUT2D eigenvalue weighted by molar-refractivity contribution is 0.581. The number of likely N-dealkylation sites (N-methyl/N-ethyl adjacent to an activating group) is 1. The third-order valence-corrected chi connectivity index (χ3v) is 3.95. The van der Waals surface area contributed by atoms with Crippen molar-refractivity contribution in [2.24, 2.45) is 0 Å². The average Bonchev–Trinajstić information content (AvgIpc) is 2.40. The highest BCUT2D eigenvalue weighted by molar-refractivity contribution is 6.31. The third kappa shape index (κ3) is 3.38. The summed E-state index contributed by atoms with van der Waals surface area (Å²) in [6, 6.07) is 11.0. The number of rotatable bonds is 4. The summed E-state index contributed by atoms with van der Waals surface area (Å²) in [5, 5.41) is 3.90.